The first-order valence-corrected chi connectivity index (χ1v) is 3.10. The molecule has 0 fully saturated rings. The Hall–Kier alpha value is -0.300. The number of aliphatic hydroxyl groups is 1. The summed E-state index contributed by atoms with van der Waals surface area (Å²) in [6, 6.07) is 0. The molecule has 0 aromatic rings. The standard InChI is InChI=1S/C7H14O/c1-3-5-7(4-2)6-8/h4,8H,3,5-6H2,1-2H3. The molecule has 0 aliphatic heterocycles. The molecule has 0 amide bonds. The van der Waals surface area contributed by atoms with E-state index in [-0.39, 0.29) is 6.61 Å². The van der Waals surface area contributed by atoms with Crippen LogP contribution in [0.15, 0.2) is 11.6 Å². The molecular weight excluding hydrogens is 100 g/mol. The van der Waals surface area contributed by atoms with Gasteiger partial charge in [-0.2, -0.15) is 0 Å². The number of hydrogen-bond acceptors (Lipinski definition) is 1. The fraction of sp³-hybridized carbons (Fsp3) is 0.714. The smallest absolute Gasteiger partial charge is 0.0641 e. The van der Waals surface area contributed by atoms with E-state index < -0.39 is 0 Å². The van der Waals surface area contributed by atoms with Crippen LogP contribution in [0.25, 0.3) is 0 Å². The minimum absolute atomic E-state index is 0.227. The monoisotopic (exact) mass is 114 g/mol. The van der Waals surface area contributed by atoms with E-state index in [1.807, 2.05) is 13.0 Å². The fourth-order valence-electron chi connectivity index (χ4n) is 0.636. The van der Waals surface area contributed by atoms with E-state index in [0.717, 1.165) is 18.4 Å². The van der Waals surface area contributed by atoms with Crippen molar-refractivity contribution in [3.63, 3.8) is 0 Å². The van der Waals surface area contributed by atoms with Crippen LogP contribution in [0.5, 0.6) is 0 Å². The van der Waals surface area contributed by atoms with Gasteiger partial charge < -0.3 is 5.11 Å². The molecule has 0 saturated heterocycles. The predicted octanol–water partition coefficient (Wildman–Crippen LogP) is 1.73. The highest BCUT2D eigenvalue weighted by atomic mass is 16.3. The molecule has 0 aromatic carbocycles. The van der Waals surface area contributed by atoms with Gasteiger partial charge in [0.05, 0.1) is 6.61 Å². The lowest BCUT2D eigenvalue weighted by atomic mass is 10.1. The van der Waals surface area contributed by atoms with Crippen LogP contribution in [-0.4, -0.2) is 11.7 Å². The maximum atomic E-state index is 8.59. The van der Waals surface area contributed by atoms with Gasteiger partial charge in [0.2, 0.25) is 0 Å². The minimum atomic E-state index is 0.227. The zero-order chi connectivity index (χ0) is 6.41. The third-order valence-corrected chi connectivity index (χ3v) is 1.18. The van der Waals surface area contributed by atoms with Gasteiger partial charge in [0.25, 0.3) is 0 Å². The number of hydrogen-bond donors (Lipinski definition) is 1. The topological polar surface area (TPSA) is 20.2 Å². The predicted molar refractivity (Wildman–Crippen MR) is 35.8 cm³/mol. The quantitative estimate of drug-likeness (QED) is 0.554. The van der Waals surface area contributed by atoms with Crippen LogP contribution < -0.4 is 0 Å². The van der Waals surface area contributed by atoms with Crippen molar-refractivity contribution in [2.24, 2.45) is 0 Å². The molecule has 0 spiro atoms. The molecule has 0 unspecified atom stereocenters. The molecule has 1 nitrogen and oxygen atoms in total. The average Bonchev–Trinajstić information content (AvgIpc) is 1.83. The van der Waals surface area contributed by atoms with Crippen LogP contribution in [0.4, 0.5) is 0 Å². The third-order valence-electron chi connectivity index (χ3n) is 1.18. The van der Waals surface area contributed by atoms with Crippen LogP contribution >= 0.6 is 0 Å². The molecule has 0 heterocycles. The summed E-state index contributed by atoms with van der Waals surface area (Å²) in [4.78, 5) is 0. The largest absolute Gasteiger partial charge is 0.392 e. The Morgan fingerprint density at radius 1 is 1.62 bits per heavy atom. The molecule has 0 aliphatic rings. The van der Waals surface area contributed by atoms with Crippen LogP contribution in [-0.2, 0) is 0 Å². The van der Waals surface area contributed by atoms with Crippen molar-refractivity contribution >= 4 is 0 Å². The zero-order valence-electron chi connectivity index (χ0n) is 5.65. The molecule has 0 bridgehead atoms. The van der Waals surface area contributed by atoms with E-state index in [0.29, 0.717) is 0 Å². The molecule has 1 N–H and O–H groups in total. The Kier molecular flexibility index (Phi) is 4.67. The number of rotatable bonds is 3. The van der Waals surface area contributed by atoms with Crippen LogP contribution in [0.1, 0.15) is 26.7 Å². The van der Waals surface area contributed by atoms with Gasteiger partial charge in [-0.1, -0.05) is 19.4 Å². The van der Waals surface area contributed by atoms with Gasteiger partial charge in [0.1, 0.15) is 0 Å². The van der Waals surface area contributed by atoms with Gasteiger partial charge in [-0.25, -0.2) is 0 Å². The fourth-order valence-corrected chi connectivity index (χ4v) is 0.636. The van der Waals surface area contributed by atoms with Crippen molar-refractivity contribution in [2.75, 3.05) is 6.61 Å². The molecule has 0 radical (unpaired) electrons. The number of allylic oxidation sites excluding steroid dienone is 1. The minimum Gasteiger partial charge on any atom is -0.392 e. The van der Waals surface area contributed by atoms with Gasteiger partial charge in [0.15, 0.2) is 0 Å². The van der Waals surface area contributed by atoms with Crippen LogP contribution in [0.2, 0.25) is 0 Å². The number of aliphatic hydroxyl groups excluding tert-OH is 1. The zero-order valence-corrected chi connectivity index (χ0v) is 5.65. The van der Waals surface area contributed by atoms with E-state index in [1.54, 1.807) is 0 Å². The van der Waals surface area contributed by atoms with E-state index in [2.05, 4.69) is 6.92 Å². The summed E-state index contributed by atoms with van der Waals surface area (Å²) >= 11 is 0. The Morgan fingerprint density at radius 2 is 2.25 bits per heavy atom. The van der Waals surface area contributed by atoms with Crippen molar-refractivity contribution in [3.05, 3.63) is 11.6 Å². The first kappa shape index (κ1) is 7.70. The normalized spacial score (nSPS) is 12.1. The molecular formula is C7H14O. The molecule has 0 rings (SSSR count). The van der Waals surface area contributed by atoms with E-state index in [9.17, 15) is 0 Å². The lowest BCUT2D eigenvalue weighted by Gasteiger charge is -1.96. The Morgan fingerprint density at radius 3 is 2.38 bits per heavy atom. The molecule has 0 saturated carbocycles. The van der Waals surface area contributed by atoms with Crippen molar-refractivity contribution in [1.82, 2.24) is 0 Å². The molecule has 8 heavy (non-hydrogen) atoms. The molecule has 1 heteroatoms. The summed E-state index contributed by atoms with van der Waals surface area (Å²) in [6.45, 7) is 4.30. The second-order valence-corrected chi connectivity index (χ2v) is 1.86. The Bertz CT molecular complexity index is 74.5. The summed E-state index contributed by atoms with van der Waals surface area (Å²) in [5, 5.41) is 8.59. The highest BCUT2D eigenvalue weighted by Crippen LogP contribution is 2.01. The van der Waals surface area contributed by atoms with Gasteiger partial charge in [-0.05, 0) is 18.9 Å². The second kappa shape index (κ2) is 4.85. The molecule has 0 aliphatic carbocycles. The van der Waals surface area contributed by atoms with Crippen molar-refractivity contribution in [2.45, 2.75) is 26.7 Å². The summed E-state index contributed by atoms with van der Waals surface area (Å²) in [5.74, 6) is 0. The van der Waals surface area contributed by atoms with Gasteiger partial charge in [-0.15, -0.1) is 0 Å². The SMILES string of the molecule is CC=C(CO)CCC. The summed E-state index contributed by atoms with van der Waals surface area (Å²) in [7, 11) is 0. The first-order chi connectivity index (χ1) is 3.85. The van der Waals surface area contributed by atoms with E-state index >= 15 is 0 Å². The highest BCUT2D eigenvalue weighted by molar-refractivity contribution is 4.99. The summed E-state index contributed by atoms with van der Waals surface area (Å²) < 4.78 is 0. The van der Waals surface area contributed by atoms with E-state index in [4.69, 9.17) is 5.11 Å². The first-order valence-electron chi connectivity index (χ1n) is 3.10. The lowest BCUT2D eigenvalue weighted by molar-refractivity contribution is 0.326. The third kappa shape index (κ3) is 2.80. The summed E-state index contributed by atoms with van der Waals surface area (Å²) in [6.07, 6.45) is 4.14. The lowest BCUT2D eigenvalue weighted by Crippen LogP contribution is -1.87. The highest BCUT2D eigenvalue weighted by Gasteiger charge is 1.87. The molecule has 48 valence electrons. The van der Waals surface area contributed by atoms with Crippen molar-refractivity contribution < 1.29 is 5.11 Å². The Labute approximate surface area is 51.0 Å². The van der Waals surface area contributed by atoms with Crippen molar-refractivity contribution in [3.8, 4) is 0 Å². The second-order valence-electron chi connectivity index (χ2n) is 1.86. The van der Waals surface area contributed by atoms with Crippen molar-refractivity contribution in [1.29, 1.82) is 0 Å². The Balaban J connectivity index is 3.38. The van der Waals surface area contributed by atoms with Gasteiger partial charge >= 0.3 is 0 Å². The molecule has 0 aromatic heterocycles. The van der Waals surface area contributed by atoms with Crippen LogP contribution in [0, 0.1) is 0 Å². The maximum Gasteiger partial charge on any atom is 0.0641 e. The van der Waals surface area contributed by atoms with Gasteiger partial charge in [0, 0.05) is 0 Å². The summed E-state index contributed by atoms with van der Waals surface area (Å²) in [5.41, 5.74) is 1.15. The van der Waals surface area contributed by atoms with Crippen LogP contribution in [0.3, 0.4) is 0 Å². The van der Waals surface area contributed by atoms with Gasteiger partial charge in [-0.3, -0.25) is 0 Å². The average molecular weight is 114 g/mol. The maximum absolute atomic E-state index is 8.59. The molecule has 0 atom stereocenters. The van der Waals surface area contributed by atoms with E-state index in [1.165, 1.54) is 0 Å².